The molecule has 1 unspecified atom stereocenters. The number of nitrogens with two attached hydrogens (primary N) is 2. The third kappa shape index (κ3) is 6.62. The summed E-state index contributed by atoms with van der Waals surface area (Å²) < 4.78 is -0.0662. The predicted octanol–water partition coefficient (Wildman–Crippen LogP) is -0.150. The fourth-order valence-electron chi connectivity index (χ4n) is 0.189. The van der Waals surface area contributed by atoms with Gasteiger partial charge in [-0.2, -0.15) is 0 Å². The van der Waals surface area contributed by atoms with Gasteiger partial charge in [0.2, 0.25) is 0 Å². The molecule has 0 aliphatic carbocycles. The molecule has 1 atom stereocenters. The molecule has 0 aromatic heterocycles. The molecule has 4 N–H and O–H groups in total. The van der Waals surface area contributed by atoms with Crippen molar-refractivity contribution in [1.82, 2.24) is 0 Å². The molecule has 0 aromatic carbocycles. The minimum atomic E-state index is -0.0662. The van der Waals surface area contributed by atoms with E-state index >= 15 is 0 Å². The summed E-state index contributed by atoms with van der Waals surface area (Å²) >= 11 is 5.47. The van der Waals surface area contributed by atoms with Crippen LogP contribution in [0.15, 0.2) is 0 Å². The van der Waals surface area contributed by atoms with Crippen LogP contribution >= 0.6 is 24.4 Å². The van der Waals surface area contributed by atoms with E-state index in [1.807, 2.05) is 0 Å². The van der Waals surface area contributed by atoms with Crippen molar-refractivity contribution in [1.29, 1.82) is 0 Å². The molecule has 4 heteroatoms. The van der Waals surface area contributed by atoms with Gasteiger partial charge in [-0.05, 0) is 0 Å². The van der Waals surface area contributed by atoms with Gasteiger partial charge < -0.3 is 11.5 Å². The first kappa shape index (κ1) is 7.62. The Morgan fingerprint density at radius 1 is 1.71 bits per heavy atom. The third-order valence-electron chi connectivity index (χ3n) is 0.406. The van der Waals surface area contributed by atoms with Crippen molar-refractivity contribution in [3.05, 3.63) is 0 Å². The summed E-state index contributed by atoms with van der Waals surface area (Å²) in [6.45, 7) is 0.679. The summed E-state index contributed by atoms with van der Waals surface area (Å²) in [6, 6.07) is 0. The number of thiol groups is 1. The molecule has 0 saturated heterocycles. The highest BCUT2D eigenvalue weighted by Crippen LogP contribution is 2.05. The van der Waals surface area contributed by atoms with E-state index in [4.69, 9.17) is 11.5 Å². The smallest absolute Gasteiger partial charge is 0.0948 e. The van der Waals surface area contributed by atoms with Crippen LogP contribution in [0.3, 0.4) is 0 Å². The number of thioether (sulfide) groups is 1. The molecule has 0 aliphatic heterocycles. The van der Waals surface area contributed by atoms with Gasteiger partial charge >= 0.3 is 0 Å². The molecule has 0 fully saturated rings. The molecule has 0 radical (unpaired) electrons. The summed E-state index contributed by atoms with van der Waals surface area (Å²) in [7, 11) is 0. The van der Waals surface area contributed by atoms with Crippen LogP contribution in [0.2, 0.25) is 0 Å². The van der Waals surface area contributed by atoms with Crippen LogP contribution in [0.25, 0.3) is 0 Å². The van der Waals surface area contributed by atoms with Gasteiger partial charge in [0.15, 0.2) is 0 Å². The van der Waals surface area contributed by atoms with Crippen molar-refractivity contribution >= 4 is 24.4 Å². The Bertz CT molecular complexity index is 39.9. The van der Waals surface area contributed by atoms with Crippen LogP contribution in [0, 0.1) is 0 Å². The maximum absolute atomic E-state index is 5.25. The summed E-state index contributed by atoms with van der Waals surface area (Å²) in [4.78, 5) is 0. The van der Waals surface area contributed by atoms with Gasteiger partial charge in [-0.3, -0.25) is 0 Å². The summed E-state index contributed by atoms with van der Waals surface area (Å²) in [5.41, 5.74) is 10.4. The quantitative estimate of drug-likeness (QED) is 0.375. The largest absolute Gasteiger partial charge is 0.330 e. The van der Waals surface area contributed by atoms with Crippen molar-refractivity contribution in [2.24, 2.45) is 11.5 Å². The van der Waals surface area contributed by atoms with Crippen molar-refractivity contribution in [2.45, 2.75) is 4.71 Å². The first-order valence-electron chi connectivity index (χ1n) is 2.02. The Morgan fingerprint density at radius 2 is 2.29 bits per heavy atom. The zero-order valence-corrected chi connectivity index (χ0v) is 5.71. The average molecular weight is 138 g/mol. The molecular weight excluding hydrogens is 128 g/mol. The Morgan fingerprint density at radius 3 is 2.43 bits per heavy atom. The van der Waals surface area contributed by atoms with E-state index in [2.05, 4.69) is 12.6 Å². The number of hydrogen-bond acceptors (Lipinski definition) is 4. The number of hydrogen-bond donors (Lipinski definition) is 3. The van der Waals surface area contributed by atoms with E-state index in [0.29, 0.717) is 6.54 Å². The Balaban J connectivity index is 2.68. The molecular formula is C3H10N2S2. The van der Waals surface area contributed by atoms with Crippen molar-refractivity contribution < 1.29 is 0 Å². The van der Waals surface area contributed by atoms with Gasteiger partial charge in [-0.1, -0.05) is 0 Å². The van der Waals surface area contributed by atoms with Gasteiger partial charge in [0, 0.05) is 12.3 Å². The molecule has 7 heavy (non-hydrogen) atoms. The van der Waals surface area contributed by atoms with E-state index in [1.165, 1.54) is 0 Å². The lowest BCUT2D eigenvalue weighted by molar-refractivity contribution is 1.14. The molecule has 0 amide bonds. The fourth-order valence-corrected chi connectivity index (χ4v) is 0.883. The van der Waals surface area contributed by atoms with Gasteiger partial charge in [0.25, 0.3) is 0 Å². The molecule has 0 rings (SSSR count). The van der Waals surface area contributed by atoms with Crippen molar-refractivity contribution in [2.75, 3.05) is 12.3 Å². The van der Waals surface area contributed by atoms with Crippen LogP contribution in [0.4, 0.5) is 0 Å². The third-order valence-corrected chi connectivity index (χ3v) is 1.67. The second-order valence-corrected chi connectivity index (χ2v) is 3.21. The molecule has 0 bridgehead atoms. The minimum absolute atomic E-state index is 0.0662. The Hall–Kier alpha value is 0.620. The first-order valence-corrected chi connectivity index (χ1v) is 3.59. The zero-order chi connectivity index (χ0) is 5.70. The highest BCUT2D eigenvalue weighted by Gasteiger charge is 1.89. The van der Waals surface area contributed by atoms with E-state index in [0.717, 1.165) is 5.75 Å². The van der Waals surface area contributed by atoms with Crippen LogP contribution < -0.4 is 11.5 Å². The van der Waals surface area contributed by atoms with Gasteiger partial charge in [-0.25, -0.2) is 0 Å². The summed E-state index contributed by atoms with van der Waals surface area (Å²) in [6.07, 6.45) is 0. The maximum atomic E-state index is 5.25. The lowest BCUT2D eigenvalue weighted by Crippen LogP contribution is -2.10. The van der Waals surface area contributed by atoms with E-state index in [-0.39, 0.29) is 4.71 Å². The number of rotatable bonds is 3. The molecule has 0 heterocycles. The minimum Gasteiger partial charge on any atom is -0.330 e. The molecule has 0 aliphatic rings. The predicted molar refractivity (Wildman–Crippen MR) is 38.5 cm³/mol. The van der Waals surface area contributed by atoms with Gasteiger partial charge in [0.1, 0.15) is 0 Å². The SMILES string of the molecule is NCCSC(N)S. The highest BCUT2D eigenvalue weighted by molar-refractivity contribution is 8.10. The molecule has 0 aromatic rings. The fraction of sp³-hybridized carbons (Fsp3) is 1.00. The van der Waals surface area contributed by atoms with Crippen LogP contribution in [-0.4, -0.2) is 17.0 Å². The van der Waals surface area contributed by atoms with E-state index in [1.54, 1.807) is 11.8 Å². The second-order valence-electron chi connectivity index (χ2n) is 1.05. The van der Waals surface area contributed by atoms with Crippen molar-refractivity contribution in [3.8, 4) is 0 Å². The van der Waals surface area contributed by atoms with Gasteiger partial charge in [-0.15, -0.1) is 24.4 Å². The topological polar surface area (TPSA) is 52.0 Å². The lowest BCUT2D eigenvalue weighted by Gasteiger charge is -1.98. The molecule has 0 saturated carbocycles. The van der Waals surface area contributed by atoms with Crippen LogP contribution in [-0.2, 0) is 0 Å². The van der Waals surface area contributed by atoms with E-state index in [9.17, 15) is 0 Å². The Labute approximate surface area is 53.4 Å². The molecule has 2 nitrogen and oxygen atoms in total. The first-order chi connectivity index (χ1) is 3.27. The summed E-state index contributed by atoms with van der Waals surface area (Å²) in [5, 5.41) is 0. The molecule has 0 spiro atoms. The van der Waals surface area contributed by atoms with Crippen LogP contribution in [0.1, 0.15) is 0 Å². The van der Waals surface area contributed by atoms with Crippen LogP contribution in [0.5, 0.6) is 0 Å². The zero-order valence-electron chi connectivity index (χ0n) is 4.00. The van der Waals surface area contributed by atoms with Gasteiger partial charge in [0.05, 0.1) is 4.71 Å². The lowest BCUT2D eigenvalue weighted by atomic mass is 10.8. The second kappa shape index (κ2) is 4.77. The standard InChI is InChI=1S/C3H10N2S2/c4-1-2-7-3(5)6/h3,6H,1-2,4-5H2. The Kier molecular flexibility index (Phi) is 5.19. The van der Waals surface area contributed by atoms with E-state index < -0.39 is 0 Å². The molecule has 44 valence electrons. The summed E-state index contributed by atoms with van der Waals surface area (Å²) in [5.74, 6) is 0.894. The normalized spacial score (nSPS) is 14.1. The van der Waals surface area contributed by atoms with Crippen molar-refractivity contribution in [3.63, 3.8) is 0 Å². The average Bonchev–Trinajstić information content (AvgIpc) is 1.61. The maximum Gasteiger partial charge on any atom is 0.0948 e. The monoisotopic (exact) mass is 138 g/mol. The highest BCUT2D eigenvalue weighted by atomic mass is 32.2.